The highest BCUT2D eigenvalue weighted by Gasteiger charge is 2.38. The Morgan fingerprint density at radius 3 is 1.23 bits per heavy atom. The topological polar surface area (TPSA) is 98.7 Å². The fraction of sp³-hybridized carbons (Fsp3) is 0.235. The van der Waals surface area contributed by atoms with Crippen LogP contribution in [0.5, 0.6) is 11.5 Å². The van der Waals surface area contributed by atoms with Crippen molar-refractivity contribution in [1.82, 2.24) is 0 Å². The number of rotatable bonds is 8. The number of anilines is 4. The van der Waals surface area contributed by atoms with Gasteiger partial charge in [0.15, 0.2) is 0 Å². The van der Waals surface area contributed by atoms with Gasteiger partial charge in [0.2, 0.25) is 11.6 Å². The van der Waals surface area contributed by atoms with E-state index in [2.05, 4.69) is 38.3 Å². The third kappa shape index (κ3) is 4.81. The molecule has 0 aliphatic heterocycles. The quantitative estimate of drug-likeness (QED) is 0.149. The Balaban J connectivity index is 1.60. The van der Waals surface area contributed by atoms with E-state index in [4.69, 9.17) is 0 Å². The highest BCUT2D eigenvalue weighted by atomic mass is 16.3. The minimum atomic E-state index is -0.535. The minimum absolute atomic E-state index is 0.144. The molecule has 4 N–H and O–H groups in total. The Hall–Kier alpha value is -4.58. The first-order valence-electron chi connectivity index (χ1n) is 13.8. The molecule has 0 amide bonds. The lowest BCUT2D eigenvalue weighted by Crippen LogP contribution is -2.24. The van der Waals surface area contributed by atoms with Gasteiger partial charge in [-0.3, -0.25) is 9.59 Å². The predicted octanol–water partition coefficient (Wildman–Crippen LogP) is 8.39. The maximum atomic E-state index is 13.9. The van der Waals surface area contributed by atoms with Gasteiger partial charge in [0.25, 0.3) is 0 Å². The third-order valence-corrected chi connectivity index (χ3v) is 8.02. The molecule has 40 heavy (non-hydrogen) atoms. The molecule has 4 aromatic carbocycles. The molecule has 1 aliphatic rings. The summed E-state index contributed by atoms with van der Waals surface area (Å²) in [6.45, 7) is 8.64. The molecule has 204 valence electrons. The Morgan fingerprint density at radius 1 is 0.550 bits per heavy atom. The first-order valence-corrected chi connectivity index (χ1v) is 13.8. The van der Waals surface area contributed by atoms with Crippen molar-refractivity contribution < 1.29 is 19.8 Å². The summed E-state index contributed by atoms with van der Waals surface area (Å²) in [6.07, 6.45) is 2.06. The second-order valence-electron chi connectivity index (χ2n) is 10.5. The summed E-state index contributed by atoms with van der Waals surface area (Å²) in [6, 6.07) is 22.0. The number of carbonyl (C=O) groups excluding carboxylic acids is 2. The molecule has 0 spiro atoms. The smallest absolute Gasteiger partial charge is 0.200 e. The van der Waals surface area contributed by atoms with Gasteiger partial charge in [-0.25, -0.2) is 0 Å². The minimum Gasteiger partial charge on any atom is -0.507 e. The van der Waals surface area contributed by atoms with Crippen molar-refractivity contribution in [1.29, 1.82) is 0 Å². The third-order valence-electron chi connectivity index (χ3n) is 8.02. The van der Waals surface area contributed by atoms with E-state index in [1.165, 1.54) is 23.3 Å². The van der Waals surface area contributed by atoms with Crippen molar-refractivity contribution in [2.45, 2.75) is 52.4 Å². The largest absolute Gasteiger partial charge is 0.507 e. The van der Waals surface area contributed by atoms with Crippen LogP contribution in [0.15, 0.2) is 72.8 Å². The molecule has 6 heteroatoms. The van der Waals surface area contributed by atoms with E-state index in [0.29, 0.717) is 23.2 Å². The molecule has 6 nitrogen and oxygen atoms in total. The molecule has 0 aromatic heterocycles. The lowest BCUT2D eigenvalue weighted by molar-refractivity contribution is 0.0975. The van der Waals surface area contributed by atoms with Crippen molar-refractivity contribution in [2.24, 2.45) is 0 Å². The Labute approximate surface area is 234 Å². The van der Waals surface area contributed by atoms with Crippen LogP contribution < -0.4 is 10.6 Å². The zero-order chi connectivity index (χ0) is 28.6. The summed E-state index contributed by atoms with van der Waals surface area (Å²) in [5, 5.41) is 27.7. The molecular formula is C34H34N2O4. The normalized spacial score (nSPS) is 13.8. The predicted molar refractivity (Wildman–Crippen MR) is 160 cm³/mol. The number of hydrogen-bond donors (Lipinski definition) is 4. The maximum absolute atomic E-state index is 13.9. The number of phenols is 2. The summed E-state index contributed by atoms with van der Waals surface area (Å²) in [5.41, 5.74) is 4.75. The van der Waals surface area contributed by atoms with E-state index in [9.17, 15) is 19.8 Å². The zero-order valence-electron chi connectivity index (χ0n) is 23.2. The van der Waals surface area contributed by atoms with Gasteiger partial charge in [0.05, 0.1) is 33.6 Å². The fourth-order valence-electron chi connectivity index (χ4n) is 5.15. The van der Waals surface area contributed by atoms with Gasteiger partial charge in [-0.15, -0.1) is 0 Å². The first kappa shape index (κ1) is 27.0. The zero-order valence-corrected chi connectivity index (χ0v) is 23.2. The van der Waals surface area contributed by atoms with Crippen molar-refractivity contribution in [3.8, 4) is 11.5 Å². The molecule has 5 rings (SSSR count). The maximum Gasteiger partial charge on any atom is 0.200 e. The highest BCUT2D eigenvalue weighted by molar-refractivity contribution is 6.33. The average molecular weight is 535 g/mol. The molecule has 4 aromatic rings. The van der Waals surface area contributed by atoms with Crippen LogP contribution in [0.25, 0.3) is 0 Å². The standard InChI is InChI=1S/C34H34N2O4/c1-5-19(3)21-7-11-23(12-8-21)35-25-15-16-26(36-24-13-9-22(10-14-24)20(4)6-2)30-29(25)33(39)31-27(37)17-18-28(38)32(31)34(30)40/h7-20,35-38H,5-6H2,1-4H3. The number of benzene rings is 4. The van der Waals surface area contributed by atoms with Crippen molar-refractivity contribution in [3.63, 3.8) is 0 Å². The molecule has 2 atom stereocenters. The van der Waals surface area contributed by atoms with Crippen LogP contribution in [0.2, 0.25) is 0 Å². The van der Waals surface area contributed by atoms with E-state index in [-0.39, 0.29) is 33.8 Å². The van der Waals surface area contributed by atoms with Crippen LogP contribution in [-0.4, -0.2) is 21.8 Å². The van der Waals surface area contributed by atoms with E-state index in [1.807, 2.05) is 48.5 Å². The van der Waals surface area contributed by atoms with E-state index in [0.717, 1.165) is 24.2 Å². The van der Waals surface area contributed by atoms with Crippen LogP contribution in [0.3, 0.4) is 0 Å². The lowest BCUT2D eigenvalue weighted by atomic mass is 9.81. The molecule has 0 fully saturated rings. The van der Waals surface area contributed by atoms with Crippen LogP contribution in [-0.2, 0) is 0 Å². The highest BCUT2D eigenvalue weighted by Crippen LogP contribution is 2.43. The molecule has 2 unspecified atom stereocenters. The van der Waals surface area contributed by atoms with Crippen LogP contribution in [0, 0.1) is 0 Å². The molecular weight excluding hydrogens is 500 g/mol. The average Bonchev–Trinajstić information content (AvgIpc) is 2.97. The molecule has 0 heterocycles. The molecule has 0 saturated carbocycles. The van der Waals surface area contributed by atoms with Crippen molar-refractivity contribution >= 4 is 34.3 Å². The first-order chi connectivity index (χ1) is 19.2. The van der Waals surface area contributed by atoms with Gasteiger partial charge in [-0.1, -0.05) is 52.0 Å². The number of fused-ring (bicyclic) bond motifs is 2. The van der Waals surface area contributed by atoms with Crippen molar-refractivity contribution in [3.05, 3.63) is 106 Å². The van der Waals surface area contributed by atoms with Crippen LogP contribution >= 0.6 is 0 Å². The SMILES string of the molecule is CCC(C)c1ccc(Nc2ccc(Nc3ccc(C(C)CC)cc3)c3c2C(=O)c2c(O)ccc(O)c2C3=O)cc1. The van der Waals surface area contributed by atoms with Crippen molar-refractivity contribution in [2.75, 3.05) is 10.6 Å². The number of aromatic hydroxyl groups is 2. The van der Waals surface area contributed by atoms with Crippen LogP contribution in [0.1, 0.15) is 95.3 Å². The Bertz CT molecular complexity index is 1470. The van der Waals surface area contributed by atoms with Gasteiger partial charge >= 0.3 is 0 Å². The fourth-order valence-corrected chi connectivity index (χ4v) is 5.15. The van der Waals surface area contributed by atoms with E-state index >= 15 is 0 Å². The Morgan fingerprint density at radius 2 is 0.900 bits per heavy atom. The second-order valence-corrected chi connectivity index (χ2v) is 10.5. The van der Waals surface area contributed by atoms with Gasteiger partial charge in [-0.2, -0.15) is 0 Å². The van der Waals surface area contributed by atoms with Gasteiger partial charge in [0.1, 0.15) is 11.5 Å². The monoisotopic (exact) mass is 534 g/mol. The molecule has 0 saturated heterocycles. The molecule has 0 radical (unpaired) electrons. The summed E-state index contributed by atoms with van der Waals surface area (Å²) < 4.78 is 0. The van der Waals surface area contributed by atoms with Crippen LogP contribution in [0.4, 0.5) is 22.7 Å². The summed E-state index contributed by atoms with van der Waals surface area (Å²) in [7, 11) is 0. The summed E-state index contributed by atoms with van der Waals surface area (Å²) in [5.74, 6) is -0.908. The number of phenolic OH excluding ortho intramolecular Hbond substituents is 2. The van der Waals surface area contributed by atoms with Gasteiger partial charge in [0, 0.05) is 11.4 Å². The Kier molecular flexibility index (Phi) is 7.35. The lowest BCUT2D eigenvalue weighted by Gasteiger charge is -2.25. The summed E-state index contributed by atoms with van der Waals surface area (Å²) in [4.78, 5) is 27.8. The van der Waals surface area contributed by atoms with E-state index < -0.39 is 11.6 Å². The number of ketones is 2. The number of carbonyl (C=O) groups is 2. The van der Waals surface area contributed by atoms with Gasteiger partial charge < -0.3 is 20.8 Å². The summed E-state index contributed by atoms with van der Waals surface area (Å²) >= 11 is 0. The number of hydrogen-bond acceptors (Lipinski definition) is 6. The molecule has 0 bridgehead atoms. The number of nitrogens with one attached hydrogen (secondary N) is 2. The second kappa shape index (κ2) is 10.9. The molecule has 1 aliphatic carbocycles. The van der Waals surface area contributed by atoms with Gasteiger partial charge in [-0.05, 0) is 84.3 Å². The van der Waals surface area contributed by atoms with E-state index in [1.54, 1.807) is 12.1 Å².